The first kappa shape index (κ1) is 20.8. The molecule has 0 aliphatic heterocycles. The SMILES string of the molecule is CCOc1ccc(SCC(=O)NNC(=S)N[C@@H]2CCC[C@@H](C)[C@@H]2C)cc1. The number of hydrogen-bond acceptors (Lipinski definition) is 4. The van der Waals surface area contributed by atoms with Crippen LogP contribution in [0.4, 0.5) is 0 Å². The van der Waals surface area contributed by atoms with Crippen LogP contribution in [-0.2, 0) is 4.79 Å². The summed E-state index contributed by atoms with van der Waals surface area (Å²) in [5.74, 6) is 2.32. The zero-order valence-corrected chi connectivity index (χ0v) is 17.3. The van der Waals surface area contributed by atoms with Gasteiger partial charge in [-0.2, -0.15) is 0 Å². The first-order chi connectivity index (χ1) is 12.5. The minimum Gasteiger partial charge on any atom is -0.494 e. The van der Waals surface area contributed by atoms with Gasteiger partial charge in [-0.15, -0.1) is 11.8 Å². The Morgan fingerprint density at radius 3 is 2.65 bits per heavy atom. The monoisotopic (exact) mass is 395 g/mol. The van der Waals surface area contributed by atoms with Crippen LogP contribution in [0, 0.1) is 11.8 Å². The highest BCUT2D eigenvalue weighted by Crippen LogP contribution is 2.29. The van der Waals surface area contributed by atoms with Crippen molar-refractivity contribution in [3.63, 3.8) is 0 Å². The van der Waals surface area contributed by atoms with Gasteiger partial charge in [-0.05, 0) is 61.7 Å². The average molecular weight is 396 g/mol. The molecule has 1 saturated carbocycles. The van der Waals surface area contributed by atoms with E-state index in [9.17, 15) is 4.79 Å². The Morgan fingerprint density at radius 1 is 1.23 bits per heavy atom. The summed E-state index contributed by atoms with van der Waals surface area (Å²) in [6.07, 6.45) is 3.62. The van der Waals surface area contributed by atoms with Crippen molar-refractivity contribution < 1.29 is 9.53 Å². The lowest BCUT2D eigenvalue weighted by Gasteiger charge is -2.35. The molecule has 2 rings (SSSR count). The predicted molar refractivity (Wildman–Crippen MR) is 111 cm³/mol. The topological polar surface area (TPSA) is 62.4 Å². The molecule has 3 N–H and O–H groups in total. The molecule has 0 spiro atoms. The third-order valence-electron chi connectivity index (χ3n) is 4.84. The first-order valence-corrected chi connectivity index (χ1v) is 10.6. The molecule has 0 saturated heterocycles. The molecule has 1 aromatic rings. The van der Waals surface area contributed by atoms with Crippen molar-refractivity contribution in [1.82, 2.24) is 16.2 Å². The number of amides is 1. The van der Waals surface area contributed by atoms with Gasteiger partial charge in [0.25, 0.3) is 0 Å². The van der Waals surface area contributed by atoms with E-state index in [2.05, 4.69) is 30.0 Å². The Kier molecular flexibility index (Phi) is 8.51. The van der Waals surface area contributed by atoms with E-state index in [1.165, 1.54) is 24.6 Å². The van der Waals surface area contributed by atoms with Crippen LogP contribution in [0.1, 0.15) is 40.0 Å². The number of hydrazine groups is 1. The Balaban J connectivity index is 1.67. The molecule has 0 radical (unpaired) electrons. The van der Waals surface area contributed by atoms with E-state index in [0.717, 1.165) is 17.1 Å². The maximum atomic E-state index is 12.0. The van der Waals surface area contributed by atoms with Gasteiger partial charge >= 0.3 is 0 Å². The molecule has 144 valence electrons. The number of rotatable bonds is 6. The van der Waals surface area contributed by atoms with Gasteiger partial charge in [0.2, 0.25) is 5.91 Å². The second kappa shape index (κ2) is 10.6. The van der Waals surface area contributed by atoms with E-state index >= 15 is 0 Å². The van der Waals surface area contributed by atoms with Gasteiger partial charge in [-0.1, -0.05) is 26.7 Å². The highest BCUT2D eigenvalue weighted by atomic mass is 32.2. The number of carbonyl (C=O) groups excluding carboxylic acids is 1. The van der Waals surface area contributed by atoms with Crippen LogP contribution in [0.3, 0.4) is 0 Å². The molecule has 5 nitrogen and oxygen atoms in total. The number of nitrogens with one attached hydrogen (secondary N) is 3. The summed E-state index contributed by atoms with van der Waals surface area (Å²) in [5.41, 5.74) is 5.48. The largest absolute Gasteiger partial charge is 0.494 e. The van der Waals surface area contributed by atoms with Crippen LogP contribution in [0.5, 0.6) is 5.75 Å². The van der Waals surface area contributed by atoms with Gasteiger partial charge in [0.1, 0.15) is 5.75 Å². The normalized spacial score (nSPS) is 22.3. The van der Waals surface area contributed by atoms with Crippen LogP contribution in [0.15, 0.2) is 29.2 Å². The molecule has 1 amide bonds. The Labute approximate surface area is 166 Å². The molecule has 3 atom stereocenters. The summed E-state index contributed by atoms with van der Waals surface area (Å²) in [5, 5.41) is 3.81. The number of benzene rings is 1. The van der Waals surface area contributed by atoms with Crippen molar-refractivity contribution in [2.24, 2.45) is 11.8 Å². The summed E-state index contributed by atoms with van der Waals surface area (Å²) < 4.78 is 5.41. The highest BCUT2D eigenvalue weighted by molar-refractivity contribution is 8.00. The van der Waals surface area contributed by atoms with E-state index < -0.39 is 0 Å². The van der Waals surface area contributed by atoms with Crippen LogP contribution >= 0.6 is 24.0 Å². The predicted octanol–water partition coefficient (Wildman–Crippen LogP) is 3.50. The summed E-state index contributed by atoms with van der Waals surface area (Å²) >= 11 is 6.78. The molecular weight excluding hydrogens is 366 g/mol. The zero-order valence-electron chi connectivity index (χ0n) is 15.7. The maximum absolute atomic E-state index is 12.0. The molecule has 0 bridgehead atoms. The molecule has 1 aliphatic rings. The third kappa shape index (κ3) is 6.68. The van der Waals surface area contributed by atoms with Crippen LogP contribution in [0.2, 0.25) is 0 Å². The van der Waals surface area contributed by atoms with Gasteiger partial charge < -0.3 is 10.1 Å². The fourth-order valence-electron chi connectivity index (χ4n) is 3.10. The zero-order chi connectivity index (χ0) is 18.9. The van der Waals surface area contributed by atoms with Crippen molar-refractivity contribution in [1.29, 1.82) is 0 Å². The van der Waals surface area contributed by atoms with Crippen molar-refractivity contribution >= 4 is 35.0 Å². The first-order valence-electron chi connectivity index (χ1n) is 9.20. The van der Waals surface area contributed by atoms with E-state index in [4.69, 9.17) is 17.0 Å². The Bertz CT molecular complexity index is 595. The lowest BCUT2D eigenvalue weighted by Crippen LogP contribution is -2.52. The molecule has 1 aromatic carbocycles. The van der Waals surface area contributed by atoms with Gasteiger partial charge in [0.05, 0.1) is 12.4 Å². The molecule has 1 fully saturated rings. The Hall–Kier alpha value is -1.47. The minimum atomic E-state index is -0.113. The van der Waals surface area contributed by atoms with E-state index in [1.54, 1.807) is 0 Å². The summed E-state index contributed by atoms with van der Waals surface area (Å²) in [7, 11) is 0. The maximum Gasteiger partial charge on any atom is 0.248 e. The summed E-state index contributed by atoms with van der Waals surface area (Å²) in [6, 6.07) is 8.09. The highest BCUT2D eigenvalue weighted by Gasteiger charge is 2.27. The molecule has 1 aliphatic carbocycles. The number of thiocarbonyl (C=S) groups is 1. The number of carbonyl (C=O) groups is 1. The van der Waals surface area contributed by atoms with Crippen LogP contribution < -0.4 is 20.9 Å². The average Bonchev–Trinajstić information content (AvgIpc) is 2.63. The van der Waals surface area contributed by atoms with Gasteiger partial charge in [0, 0.05) is 10.9 Å². The minimum absolute atomic E-state index is 0.113. The lowest BCUT2D eigenvalue weighted by molar-refractivity contribution is -0.119. The summed E-state index contributed by atoms with van der Waals surface area (Å²) in [4.78, 5) is 13.0. The Morgan fingerprint density at radius 2 is 1.96 bits per heavy atom. The molecule has 0 unspecified atom stereocenters. The molecule has 0 heterocycles. The van der Waals surface area contributed by atoms with E-state index in [1.807, 2.05) is 31.2 Å². The second-order valence-electron chi connectivity index (χ2n) is 6.71. The number of ether oxygens (including phenoxy) is 1. The van der Waals surface area contributed by atoms with Gasteiger partial charge in [-0.25, -0.2) is 0 Å². The van der Waals surface area contributed by atoms with Crippen molar-refractivity contribution in [2.45, 2.75) is 51.0 Å². The fraction of sp³-hybridized carbons (Fsp3) is 0.579. The van der Waals surface area contributed by atoms with Crippen molar-refractivity contribution in [3.05, 3.63) is 24.3 Å². The smallest absolute Gasteiger partial charge is 0.248 e. The van der Waals surface area contributed by atoms with E-state index in [0.29, 0.717) is 35.3 Å². The van der Waals surface area contributed by atoms with Crippen molar-refractivity contribution in [3.8, 4) is 5.75 Å². The standard InChI is InChI=1S/C19H29N3O2S2/c1-4-24-15-8-10-16(11-9-15)26-12-18(23)21-22-19(25)20-17-7-5-6-13(2)14(17)3/h8-11,13-14,17H,4-7,12H2,1-3H3,(H,21,23)(H2,20,22,25)/t13-,14+,17-/m1/s1. The molecular formula is C19H29N3O2S2. The summed E-state index contributed by atoms with van der Waals surface area (Å²) in [6.45, 7) is 7.15. The molecule has 7 heteroatoms. The molecule has 0 aromatic heterocycles. The molecule has 26 heavy (non-hydrogen) atoms. The van der Waals surface area contributed by atoms with Crippen LogP contribution in [-0.4, -0.2) is 29.4 Å². The third-order valence-corrected chi connectivity index (χ3v) is 6.08. The number of thioether (sulfide) groups is 1. The van der Waals surface area contributed by atoms with Crippen molar-refractivity contribution in [2.75, 3.05) is 12.4 Å². The van der Waals surface area contributed by atoms with E-state index in [-0.39, 0.29) is 5.91 Å². The second-order valence-corrected chi connectivity index (χ2v) is 8.17. The van der Waals surface area contributed by atoms with Gasteiger partial charge in [0.15, 0.2) is 5.11 Å². The lowest BCUT2D eigenvalue weighted by atomic mass is 9.78. The van der Waals surface area contributed by atoms with Gasteiger partial charge in [-0.3, -0.25) is 15.6 Å². The number of hydrogen-bond donors (Lipinski definition) is 3. The quantitative estimate of drug-likeness (QED) is 0.389. The fourth-order valence-corrected chi connectivity index (χ4v) is 4.00. The van der Waals surface area contributed by atoms with Crippen LogP contribution in [0.25, 0.3) is 0 Å².